The van der Waals surface area contributed by atoms with Crippen LogP contribution in [-0.2, 0) is 16.0 Å². The van der Waals surface area contributed by atoms with Crippen molar-refractivity contribution in [3.05, 3.63) is 57.5 Å². The first-order chi connectivity index (χ1) is 11.0. The van der Waals surface area contributed by atoms with Gasteiger partial charge in [-0.05, 0) is 36.8 Å². The minimum absolute atomic E-state index is 0.0111. The van der Waals surface area contributed by atoms with E-state index in [1.165, 1.54) is 17.0 Å². The second-order valence-electron chi connectivity index (χ2n) is 5.95. The molecule has 2 heterocycles. The molecule has 0 saturated carbocycles. The predicted molar refractivity (Wildman–Crippen MR) is 88.0 cm³/mol. The largest absolute Gasteiger partial charge is 0.355 e. The zero-order valence-corrected chi connectivity index (χ0v) is 13.7. The van der Waals surface area contributed by atoms with Crippen LogP contribution in [0.3, 0.4) is 0 Å². The highest BCUT2D eigenvalue weighted by molar-refractivity contribution is 7.12. The van der Waals surface area contributed by atoms with E-state index in [1.54, 1.807) is 23.5 Å². The van der Waals surface area contributed by atoms with Crippen molar-refractivity contribution in [2.45, 2.75) is 25.7 Å². The van der Waals surface area contributed by atoms with Crippen LogP contribution in [0.1, 0.15) is 27.7 Å². The molecule has 1 aromatic carbocycles. The number of hydrogen-bond acceptors (Lipinski definition) is 3. The summed E-state index contributed by atoms with van der Waals surface area (Å²) in [5.41, 5.74) is 0.776. The van der Waals surface area contributed by atoms with E-state index in [9.17, 15) is 14.0 Å². The van der Waals surface area contributed by atoms with E-state index in [0.29, 0.717) is 6.54 Å². The number of aryl methyl sites for hydroxylation is 1. The van der Waals surface area contributed by atoms with Gasteiger partial charge in [0.1, 0.15) is 11.6 Å². The summed E-state index contributed by atoms with van der Waals surface area (Å²) in [7, 11) is 0. The van der Waals surface area contributed by atoms with Gasteiger partial charge >= 0.3 is 0 Å². The van der Waals surface area contributed by atoms with Crippen LogP contribution in [0.4, 0.5) is 4.39 Å². The highest BCUT2D eigenvalue weighted by Crippen LogP contribution is 2.35. The third-order valence-corrected chi connectivity index (χ3v) is 5.34. The first kappa shape index (κ1) is 15.9. The fraction of sp³-hybridized carbons (Fsp3) is 0.333. The number of hydrogen-bond donors (Lipinski definition) is 1. The molecule has 1 N–H and O–H groups in total. The topological polar surface area (TPSA) is 46.2 Å². The lowest BCUT2D eigenvalue weighted by Gasteiger charge is -2.14. The van der Waals surface area contributed by atoms with Gasteiger partial charge in [0.05, 0.1) is 5.92 Å². The van der Waals surface area contributed by atoms with Crippen molar-refractivity contribution in [3.8, 4) is 0 Å². The maximum atomic E-state index is 12.9. The van der Waals surface area contributed by atoms with Crippen molar-refractivity contribution in [1.29, 1.82) is 0 Å². The van der Waals surface area contributed by atoms with Crippen LogP contribution in [-0.4, -0.2) is 18.2 Å². The number of rotatable bonds is 5. The Balaban J connectivity index is 1.68. The van der Waals surface area contributed by atoms with Crippen LogP contribution in [0.5, 0.6) is 0 Å². The standard InChI is InChI=1S/C18H18FNO2S/c1-11-2-7-17(23-11)16-10-20-18(22)15(16)9-14(21)8-12-3-5-13(19)6-4-12/h2-7,15-16H,8-10H2,1H3,(H,20,22)/t15-,16+/m0/s1. The molecule has 23 heavy (non-hydrogen) atoms. The number of nitrogens with one attached hydrogen (secondary N) is 1. The fourth-order valence-electron chi connectivity index (χ4n) is 3.00. The fourth-order valence-corrected chi connectivity index (χ4v) is 4.04. The van der Waals surface area contributed by atoms with E-state index in [2.05, 4.69) is 5.32 Å². The summed E-state index contributed by atoms with van der Waals surface area (Å²) in [6, 6.07) is 10.0. The molecule has 3 nitrogen and oxygen atoms in total. The Kier molecular flexibility index (Phi) is 4.57. The molecule has 120 valence electrons. The molecule has 1 aromatic heterocycles. The van der Waals surface area contributed by atoms with Crippen LogP contribution < -0.4 is 5.32 Å². The van der Waals surface area contributed by atoms with Crippen molar-refractivity contribution < 1.29 is 14.0 Å². The van der Waals surface area contributed by atoms with Gasteiger partial charge in [0.25, 0.3) is 0 Å². The predicted octanol–water partition coefficient (Wildman–Crippen LogP) is 3.23. The zero-order valence-electron chi connectivity index (χ0n) is 12.8. The Bertz CT molecular complexity index is 723. The third-order valence-electron chi connectivity index (χ3n) is 4.21. The lowest BCUT2D eigenvalue weighted by molar-refractivity contribution is -0.127. The molecule has 0 radical (unpaired) electrons. The highest BCUT2D eigenvalue weighted by Gasteiger charge is 2.37. The Morgan fingerprint density at radius 2 is 2.00 bits per heavy atom. The third kappa shape index (κ3) is 3.67. The normalized spacial score (nSPS) is 20.5. The first-order valence-corrected chi connectivity index (χ1v) is 8.45. The van der Waals surface area contributed by atoms with Gasteiger partial charge in [-0.1, -0.05) is 12.1 Å². The SMILES string of the molecule is Cc1ccc([C@@H]2CNC(=O)[C@H]2CC(=O)Cc2ccc(F)cc2)s1. The van der Waals surface area contributed by atoms with Crippen LogP contribution >= 0.6 is 11.3 Å². The molecular weight excluding hydrogens is 313 g/mol. The summed E-state index contributed by atoms with van der Waals surface area (Å²) < 4.78 is 12.9. The smallest absolute Gasteiger partial charge is 0.224 e. The molecule has 1 aliphatic rings. The summed E-state index contributed by atoms with van der Waals surface area (Å²) in [4.78, 5) is 26.8. The van der Waals surface area contributed by atoms with Crippen molar-refractivity contribution >= 4 is 23.0 Å². The van der Waals surface area contributed by atoms with E-state index in [0.717, 1.165) is 10.4 Å². The number of amides is 1. The van der Waals surface area contributed by atoms with Crippen molar-refractivity contribution in [1.82, 2.24) is 5.32 Å². The highest BCUT2D eigenvalue weighted by atomic mass is 32.1. The molecule has 0 bridgehead atoms. The average Bonchev–Trinajstić information content (AvgIpc) is 3.09. The molecule has 2 aromatic rings. The van der Waals surface area contributed by atoms with E-state index < -0.39 is 0 Å². The molecule has 1 amide bonds. The quantitative estimate of drug-likeness (QED) is 0.914. The second-order valence-corrected chi connectivity index (χ2v) is 7.27. The average molecular weight is 331 g/mol. The van der Waals surface area contributed by atoms with Gasteiger partial charge in [-0.3, -0.25) is 9.59 Å². The number of carbonyl (C=O) groups is 2. The molecule has 0 aliphatic carbocycles. The molecular formula is C18H18FNO2S. The van der Waals surface area contributed by atoms with Gasteiger partial charge in [-0.2, -0.15) is 0 Å². The van der Waals surface area contributed by atoms with E-state index in [-0.39, 0.29) is 42.2 Å². The van der Waals surface area contributed by atoms with Crippen LogP contribution in [0, 0.1) is 18.7 Å². The van der Waals surface area contributed by atoms with Crippen molar-refractivity contribution in [2.75, 3.05) is 6.54 Å². The zero-order chi connectivity index (χ0) is 16.4. The lowest BCUT2D eigenvalue weighted by Crippen LogP contribution is -2.22. The molecule has 3 rings (SSSR count). The second kappa shape index (κ2) is 6.62. The number of halogens is 1. The minimum atomic E-state index is -0.315. The van der Waals surface area contributed by atoms with Crippen molar-refractivity contribution in [3.63, 3.8) is 0 Å². The van der Waals surface area contributed by atoms with Gasteiger partial charge in [-0.25, -0.2) is 4.39 Å². The number of thiophene rings is 1. The van der Waals surface area contributed by atoms with Gasteiger partial charge in [0, 0.05) is 35.1 Å². The maximum absolute atomic E-state index is 12.9. The summed E-state index contributed by atoms with van der Waals surface area (Å²) in [5.74, 6) is -0.589. The van der Waals surface area contributed by atoms with Gasteiger partial charge in [0.2, 0.25) is 5.91 Å². The minimum Gasteiger partial charge on any atom is -0.355 e. The molecule has 2 atom stereocenters. The summed E-state index contributed by atoms with van der Waals surface area (Å²) in [5, 5.41) is 2.87. The molecule has 1 saturated heterocycles. The van der Waals surface area contributed by atoms with Crippen LogP contribution in [0.2, 0.25) is 0 Å². The Labute approximate surface area is 138 Å². The van der Waals surface area contributed by atoms with Gasteiger partial charge in [0.15, 0.2) is 0 Å². The molecule has 0 unspecified atom stereocenters. The number of carbonyl (C=O) groups excluding carboxylic acids is 2. The summed E-state index contributed by atoms with van der Waals surface area (Å²) in [6.07, 6.45) is 0.463. The van der Waals surface area contributed by atoms with Crippen molar-refractivity contribution in [2.24, 2.45) is 5.92 Å². The summed E-state index contributed by atoms with van der Waals surface area (Å²) in [6.45, 7) is 2.63. The van der Waals surface area contributed by atoms with Gasteiger partial charge in [-0.15, -0.1) is 11.3 Å². The van der Waals surface area contributed by atoms with Crippen LogP contribution in [0.25, 0.3) is 0 Å². The van der Waals surface area contributed by atoms with Gasteiger partial charge < -0.3 is 5.32 Å². The first-order valence-electron chi connectivity index (χ1n) is 7.63. The lowest BCUT2D eigenvalue weighted by atomic mass is 9.88. The number of benzene rings is 1. The monoisotopic (exact) mass is 331 g/mol. The molecule has 5 heteroatoms. The Morgan fingerprint density at radius 3 is 2.65 bits per heavy atom. The Morgan fingerprint density at radius 1 is 1.26 bits per heavy atom. The molecule has 1 aliphatic heterocycles. The summed E-state index contributed by atoms with van der Waals surface area (Å²) >= 11 is 1.68. The molecule has 0 spiro atoms. The van der Waals surface area contributed by atoms with E-state index >= 15 is 0 Å². The van der Waals surface area contributed by atoms with E-state index in [1.807, 2.05) is 19.1 Å². The Hall–Kier alpha value is -2.01. The number of Topliss-reactive ketones (excluding diaryl/α,β-unsaturated/α-hetero) is 1. The van der Waals surface area contributed by atoms with E-state index in [4.69, 9.17) is 0 Å². The van der Waals surface area contributed by atoms with Crippen LogP contribution in [0.15, 0.2) is 36.4 Å². The number of ketones is 1. The molecule has 1 fully saturated rings. The maximum Gasteiger partial charge on any atom is 0.224 e.